The van der Waals surface area contributed by atoms with Gasteiger partial charge < -0.3 is 14.6 Å². The summed E-state index contributed by atoms with van der Waals surface area (Å²) >= 11 is 1.57. The Morgan fingerprint density at radius 3 is 2.88 bits per heavy atom. The van der Waals surface area contributed by atoms with Gasteiger partial charge in [-0.05, 0) is 38.1 Å². The molecule has 0 unspecified atom stereocenters. The van der Waals surface area contributed by atoms with Crippen molar-refractivity contribution in [2.75, 3.05) is 5.32 Å². The minimum atomic E-state index is -0.263. The zero-order valence-corrected chi connectivity index (χ0v) is 15.4. The zero-order chi connectivity index (χ0) is 18.5. The summed E-state index contributed by atoms with van der Waals surface area (Å²) in [6.45, 7) is 4.72. The van der Waals surface area contributed by atoms with Gasteiger partial charge in [-0.1, -0.05) is 6.07 Å². The molecule has 1 N–H and O–H groups in total. The number of nitrogens with one attached hydrogen (secondary N) is 1. The maximum Gasteiger partial charge on any atom is 0.255 e. The highest BCUT2D eigenvalue weighted by Crippen LogP contribution is 2.17. The largest absolute Gasteiger partial charge is 0.487 e. The number of amides is 1. The van der Waals surface area contributed by atoms with E-state index in [0.717, 1.165) is 10.7 Å². The molecule has 3 aromatic rings. The Kier molecular flexibility index (Phi) is 5.48. The van der Waals surface area contributed by atoms with Crippen LogP contribution >= 0.6 is 11.3 Å². The molecule has 0 spiro atoms. The fraction of sp³-hybridized carbons (Fsp3) is 0.211. The molecule has 0 saturated heterocycles. The first kappa shape index (κ1) is 17.9. The highest BCUT2D eigenvalue weighted by atomic mass is 32.1. The second kappa shape index (κ2) is 7.97. The van der Waals surface area contributed by atoms with Gasteiger partial charge in [-0.15, -0.1) is 11.3 Å². The summed E-state index contributed by atoms with van der Waals surface area (Å²) in [7, 11) is 0. The molecule has 3 rings (SSSR count). The molecule has 0 aliphatic carbocycles. The number of pyridine rings is 1. The van der Waals surface area contributed by atoms with Crippen LogP contribution in [0.3, 0.4) is 0 Å². The van der Waals surface area contributed by atoms with E-state index < -0.39 is 0 Å². The van der Waals surface area contributed by atoms with Crippen molar-refractivity contribution in [2.24, 2.45) is 0 Å². The maximum absolute atomic E-state index is 12.5. The van der Waals surface area contributed by atoms with Gasteiger partial charge in [-0.25, -0.2) is 4.98 Å². The number of rotatable bonds is 6. The molecule has 26 heavy (non-hydrogen) atoms. The molecule has 2 heterocycles. The lowest BCUT2D eigenvalue weighted by atomic mass is 10.2. The minimum Gasteiger partial charge on any atom is -0.487 e. The van der Waals surface area contributed by atoms with E-state index in [-0.39, 0.29) is 11.5 Å². The van der Waals surface area contributed by atoms with Crippen LogP contribution in [0.25, 0.3) is 0 Å². The number of benzene rings is 1. The number of anilines is 1. The lowest BCUT2D eigenvalue weighted by molar-refractivity contribution is 0.102. The quantitative estimate of drug-likeness (QED) is 0.722. The number of aryl methyl sites for hydroxylation is 2. The molecule has 7 heteroatoms. The third-order valence-electron chi connectivity index (χ3n) is 3.73. The summed E-state index contributed by atoms with van der Waals surface area (Å²) in [6.07, 6.45) is 1.63. The molecule has 0 atom stereocenters. The van der Waals surface area contributed by atoms with Crippen LogP contribution in [0, 0.1) is 6.92 Å². The lowest BCUT2D eigenvalue weighted by Crippen LogP contribution is -2.19. The van der Waals surface area contributed by atoms with Crippen molar-refractivity contribution >= 4 is 22.9 Å². The van der Waals surface area contributed by atoms with Crippen molar-refractivity contribution in [3.8, 4) is 5.75 Å². The van der Waals surface area contributed by atoms with Crippen molar-refractivity contribution < 1.29 is 9.53 Å². The third-order valence-corrected chi connectivity index (χ3v) is 4.55. The Morgan fingerprint density at radius 1 is 1.31 bits per heavy atom. The van der Waals surface area contributed by atoms with E-state index >= 15 is 0 Å². The summed E-state index contributed by atoms with van der Waals surface area (Å²) in [5.74, 6) is 0.336. The van der Waals surface area contributed by atoms with Crippen LogP contribution in [-0.2, 0) is 13.2 Å². The lowest BCUT2D eigenvalue weighted by Gasteiger charge is -2.09. The number of carbonyl (C=O) groups excluding carboxylic acids is 1. The van der Waals surface area contributed by atoms with Crippen LogP contribution in [0.15, 0.2) is 52.8 Å². The molecule has 0 fully saturated rings. The number of aromatic nitrogens is 2. The van der Waals surface area contributed by atoms with Gasteiger partial charge in [0.25, 0.3) is 11.5 Å². The van der Waals surface area contributed by atoms with Gasteiger partial charge in [0, 0.05) is 29.8 Å². The van der Waals surface area contributed by atoms with Crippen LogP contribution in [0.5, 0.6) is 5.75 Å². The molecule has 0 radical (unpaired) electrons. The van der Waals surface area contributed by atoms with E-state index in [1.54, 1.807) is 47.9 Å². The normalized spacial score (nSPS) is 10.5. The average molecular weight is 369 g/mol. The maximum atomic E-state index is 12.5. The summed E-state index contributed by atoms with van der Waals surface area (Å²) in [4.78, 5) is 28.4. The van der Waals surface area contributed by atoms with E-state index in [0.29, 0.717) is 30.2 Å². The van der Waals surface area contributed by atoms with Gasteiger partial charge in [-0.2, -0.15) is 0 Å². The number of hydrogen-bond donors (Lipinski definition) is 1. The van der Waals surface area contributed by atoms with E-state index in [2.05, 4.69) is 10.3 Å². The molecule has 1 amide bonds. The predicted octanol–water partition coefficient (Wildman–Crippen LogP) is 3.46. The Labute approximate surface area is 155 Å². The van der Waals surface area contributed by atoms with Crippen molar-refractivity contribution in [1.82, 2.24) is 9.55 Å². The fourth-order valence-corrected chi connectivity index (χ4v) is 3.01. The second-order valence-electron chi connectivity index (χ2n) is 5.67. The molecule has 0 aliphatic heterocycles. The van der Waals surface area contributed by atoms with Gasteiger partial charge in [0.2, 0.25) is 0 Å². The van der Waals surface area contributed by atoms with Crippen molar-refractivity contribution in [1.29, 1.82) is 0 Å². The Bertz CT molecular complexity index is 978. The van der Waals surface area contributed by atoms with Crippen LogP contribution in [0.2, 0.25) is 0 Å². The first-order chi connectivity index (χ1) is 12.5. The summed E-state index contributed by atoms with van der Waals surface area (Å²) in [6, 6.07) is 10.00. The summed E-state index contributed by atoms with van der Waals surface area (Å²) in [5.41, 5.74) is 1.81. The summed E-state index contributed by atoms with van der Waals surface area (Å²) < 4.78 is 7.25. The Hall–Kier alpha value is -2.93. The van der Waals surface area contributed by atoms with Crippen molar-refractivity contribution in [3.05, 3.63) is 74.6 Å². The third kappa shape index (κ3) is 4.37. The zero-order valence-electron chi connectivity index (χ0n) is 14.6. The highest BCUT2D eigenvalue weighted by Gasteiger charge is 2.09. The van der Waals surface area contributed by atoms with Crippen molar-refractivity contribution in [2.45, 2.75) is 27.0 Å². The molecular weight excluding hydrogens is 350 g/mol. The van der Waals surface area contributed by atoms with Gasteiger partial charge >= 0.3 is 0 Å². The Morgan fingerprint density at radius 2 is 2.15 bits per heavy atom. The molecule has 1 aromatic carbocycles. The van der Waals surface area contributed by atoms with E-state index in [1.165, 1.54) is 10.6 Å². The fourth-order valence-electron chi connectivity index (χ4n) is 2.41. The number of hydrogen-bond acceptors (Lipinski definition) is 5. The standard InChI is InChI=1S/C19H19N3O3S/c1-3-22-10-15(7-8-18(22)23)21-19(24)14-5-4-6-17(9-14)25-11-16-12-26-13(2)20-16/h4-10,12H,3,11H2,1-2H3,(H,21,24). The van der Waals surface area contributed by atoms with Crippen LogP contribution in [0.1, 0.15) is 28.0 Å². The SMILES string of the molecule is CCn1cc(NC(=O)c2cccc(OCc3csc(C)n3)c2)ccc1=O. The molecule has 0 saturated carbocycles. The van der Waals surface area contributed by atoms with E-state index in [4.69, 9.17) is 4.74 Å². The van der Waals surface area contributed by atoms with Crippen molar-refractivity contribution in [3.63, 3.8) is 0 Å². The number of nitrogens with zero attached hydrogens (tertiary/aromatic N) is 2. The molecule has 2 aromatic heterocycles. The first-order valence-electron chi connectivity index (χ1n) is 8.21. The van der Waals surface area contributed by atoms with Gasteiger partial charge in [-0.3, -0.25) is 9.59 Å². The minimum absolute atomic E-state index is 0.0989. The molecule has 134 valence electrons. The number of ether oxygens (including phenoxy) is 1. The number of thiazole rings is 1. The van der Waals surface area contributed by atoms with Crippen LogP contribution < -0.4 is 15.6 Å². The summed E-state index contributed by atoms with van der Waals surface area (Å²) in [5, 5.41) is 5.74. The van der Waals surface area contributed by atoms with E-state index in [1.807, 2.05) is 19.2 Å². The highest BCUT2D eigenvalue weighted by molar-refractivity contribution is 7.09. The number of carbonyl (C=O) groups is 1. The van der Waals surface area contributed by atoms with Crippen LogP contribution in [0.4, 0.5) is 5.69 Å². The van der Waals surface area contributed by atoms with Gasteiger partial charge in [0.05, 0.1) is 16.4 Å². The van der Waals surface area contributed by atoms with Gasteiger partial charge in [0.1, 0.15) is 12.4 Å². The predicted molar refractivity (Wildman–Crippen MR) is 102 cm³/mol. The second-order valence-corrected chi connectivity index (χ2v) is 6.73. The molecular formula is C19H19N3O3S. The Balaban J connectivity index is 1.68. The monoisotopic (exact) mass is 369 g/mol. The smallest absolute Gasteiger partial charge is 0.255 e. The average Bonchev–Trinajstić information content (AvgIpc) is 3.07. The molecule has 0 bridgehead atoms. The van der Waals surface area contributed by atoms with Crippen LogP contribution in [-0.4, -0.2) is 15.5 Å². The molecule has 0 aliphatic rings. The van der Waals surface area contributed by atoms with E-state index in [9.17, 15) is 9.59 Å². The topological polar surface area (TPSA) is 73.2 Å². The molecule has 6 nitrogen and oxygen atoms in total. The van der Waals surface area contributed by atoms with Gasteiger partial charge in [0.15, 0.2) is 0 Å². The first-order valence-corrected chi connectivity index (χ1v) is 9.09.